The van der Waals surface area contributed by atoms with E-state index in [2.05, 4.69) is 24.1 Å². The van der Waals surface area contributed by atoms with E-state index in [-0.39, 0.29) is 0 Å². The lowest BCUT2D eigenvalue weighted by Crippen LogP contribution is -2.51. The molecule has 2 fully saturated rings. The van der Waals surface area contributed by atoms with Gasteiger partial charge in [0.2, 0.25) is 0 Å². The summed E-state index contributed by atoms with van der Waals surface area (Å²) < 4.78 is 0. The number of rotatable bonds is 1. The van der Waals surface area contributed by atoms with Crippen LogP contribution in [0.15, 0.2) is 0 Å². The third-order valence-corrected chi connectivity index (χ3v) is 3.96. The summed E-state index contributed by atoms with van der Waals surface area (Å²) in [4.78, 5) is 2.70. The minimum absolute atomic E-state index is 0.898. The van der Waals surface area contributed by atoms with Crippen LogP contribution in [0.1, 0.15) is 26.7 Å². The summed E-state index contributed by atoms with van der Waals surface area (Å²) in [5.74, 6) is 1.89. The molecular formula is C11H22N2. The molecule has 1 aliphatic carbocycles. The van der Waals surface area contributed by atoms with E-state index in [0.29, 0.717) is 0 Å². The van der Waals surface area contributed by atoms with E-state index in [1.54, 1.807) is 0 Å². The predicted molar refractivity (Wildman–Crippen MR) is 55.8 cm³/mol. The molecule has 2 rings (SSSR count). The largest absolute Gasteiger partial charge is 0.315 e. The SMILES string of the molecule is CC1CC(N2CCCNCC2)C1C. The van der Waals surface area contributed by atoms with Crippen molar-refractivity contribution in [2.24, 2.45) is 11.8 Å². The monoisotopic (exact) mass is 182 g/mol. The van der Waals surface area contributed by atoms with Gasteiger partial charge in [-0.3, -0.25) is 4.90 Å². The van der Waals surface area contributed by atoms with Crippen LogP contribution in [-0.2, 0) is 0 Å². The summed E-state index contributed by atoms with van der Waals surface area (Å²) in [7, 11) is 0. The van der Waals surface area contributed by atoms with Gasteiger partial charge in [0.25, 0.3) is 0 Å². The molecule has 0 spiro atoms. The van der Waals surface area contributed by atoms with Crippen molar-refractivity contribution >= 4 is 0 Å². The van der Waals surface area contributed by atoms with Gasteiger partial charge in [0.1, 0.15) is 0 Å². The lowest BCUT2D eigenvalue weighted by Gasteiger charge is -2.47. The van der Waals surface area contributed by atoms with Gasteiger partial charge in [-0.25, -0.2) is 0 Å². The van der Waals surface area contributed by atoms with Gasteiger partial charge in [0.05, 0.1) is 0 Å². The number of nitrogens with zero attached hydrogens (tertiary/aromatic N) is 1. The van der Waals surface area contributed by atoms with Crippen LogP contribution in [0, 0.1) is 11.8 Å². The fraction of sp³-hybridized carbons (Fsp3) is 1.00. The first-order chi connectivity index (χ1) is 6.29. The highest BCUT2D eigenvalue weighted by Gasteiger charge is 2.37. The summed E-state index contributed by atoms with van der Waals surface area (Å²) in [6.45, 7) is 9.79. The Hall–Kier alpha value is -0.0800. The van der Waals surface area contributed by atoms with Gasteiger partial charge < -0.3 is 5.32 Å². The summed E-state index contributed by atoms with van der Waals surface area (Å²) in [5.41, 5.74) is 0. The van der Waals surface area contributed by atoms with Crippen LogP contribution < -0.4 is 5.32 Å². The molecule has 3 unspecified atom stereocenters. The van der Waals surface area contributed by atoms with E-state index in [1.165, 1.54) is 39.0 Å². The van der Waals surface area contributed by atoms with Gasteiger partial charge in [0.15, 0.2) is 0 Å². The molecule has 1 heterocycles. The molecule has 1 saturated heterocycles. The van der Waals surface area contributed by atoms with Crippen LogP contribution in [0.2, 0.25) is 0 Å². The van der Waals surface area contributed by atoms with Crippen LogP contribution >= 0.6 is 0 Å². The third kappa shape index (κ3) is 1.89. The molecule has 1 N–H and O–H groups in total. The number of hydrogen-bond acceptors (Lipinski definition) is 2. The highest BCUT2D eigenvalue weighted by Crippen LogP contribution is 2.37. The average molecular weight is 182 g/mol. The molecule has 0 aromatic carbocycles. The molecule has 0 aromatic rings. The van der Waals surface area contributed by atoms with E-state index in [0.717, 1.165) is 17.9 Å². The van der Waals surface area contributed by atoms with Crippen molar-refractivity contribution in [3.05, 3.63) is 0 Å². The maximum atomic E-state index is 3.46. The highest BCUT2D eigenvalue weighted by molar-refractivity contribution is 4.91. The van der Waals surface area contributed by atoms with Crippen molar-refractivity contribution in [2.45, 2.75) is 32.7 Å². The van der Waals surface area contributed by atoms with Crippen molar-refractivity contribution in [3.63, 3.8) is 0 Å². The Labute approximate surface area is 81.7 Å². The minimum Gasteiger partial charge on any atom is -0.315 e. The predicted octanol–water partition coefficient (Wildman–Crippen LogP) is 1.33. The van der Waals surface area contributed by atoms with E-state index < -0.39 is 0 Å². The minimum atomic E-state index is 0.898. The van der Waals surface area contributed by atoms with Gasteiger partial charge in [-0.05, 0) is 37.8 Å². The molecule has 2 aliphatic rings. The number of hydrogen-bond donors (Lipinski definition) is 1. The molecule has 76 valence electrons. The van der Waals surface area contributed by atoms with Gasteiger partial charge >= 0.3 is 0 Å². The van der Waals surface area contributed by atoms with E-state index in [9.17, 15) is 0 Å². The Morgan fingerprint density at radius 2 is 2.00 bits per heavy atom. The zero-order valence-corrected chi connectivity index (χ0v) is 8.92. The van der Waals surface area contributed by atoms with E-state index in [1.807, 2.05) is 0 Å². The lowest BCUT2D eigenvalue weighted by molar-refractivity contribution is 0.0270. The zero-order chi connectivity index (χ0) is 9.26. The smallest absolute Gasteiger partial charge is 0.0127 e. The van der Waals surface area contributed by atoms with Crippen LogP contribution in [-0.4, -0.2) is 37.1 Å². The van der Waals surface area contributed by atoms with Crippen LogP contribution in [0.25, 0.3) is 0 Å². The second kappa shape index (κ2) is 3.97. The van der Waals surface area contributed by atoms with Gasteiger partial charge in [0, 0.05) is 19.1 Å². The van der Waals surface area contributed by atoms with Crippen LogP contribution in [0.3, 0.4) is 0 Å². The quantitative estimate of drug-likeness (QED) is 0.658. The molecule has 3 atom stereocenters. The zero-order valence-electron chi connectivity index (χ0n) is 8.92. The van der Waals surface area contributed by atoms with Crippen molar-refractivity contribution in [3.8, 4) is 0 Å². The molecule has 13 heavy (non-hydrogen) atoms. The lowest BCUT2D eigenvalue weighted by atomic mass is 9.70. The molecule has 0 aromatic heterocycles. The third-order valence-electron chi connectivity index (χ3n) is 3.96. The van der Waals surface area contributed by atoms with Gasteiger partial charge in [-0.1, -0.05) is 13.8 Å². The topological polar surface area (TPSA) is 15.3 Å². The second-order valence-corrected chi connectivity index (χ2v) is 4.78. The summed E-state index contributed by atoms with van der Waals surface area (Å²) in [6, 6.07) is 0.898. The maximum Gasteiger partial charge on any atom is 0.0127 e. The van der Waals surface area contributed by atoms with Crippen LogP contribution in [0.5, 0.6) is 0 Å². The van der Waals surface area contributed by atoms with Crippen LogP contribution in [0.4, 0.5) is 0 Å². The molecule has 0 bridgehead atoms. The first kappa shape index (κ1) is 9.47. The Morgan fingerprint density at radius 1 is 1.15 bits per heavy atom. The summed E-state index contributed by atoms with van der Waals surface area (Å²) in [6.07, 6.45) is 2.76. The Morgan fingerprint density at radius 3 is 2.69 bits per heavy atom. The van der Waals surface area contributed by atoms with Crippen molar-refractivity contribution in [1.82, 2.24) is 10.2 Å². The highest BCUT2D eigenvalue weighted by atomic mass is 15.2. The maximum absolute atomic E-state index is 3.46. The van der Waals surface area contributed by atoms with Crippen molar-refractivity contribution in [1.29, 1.82) is 0 Å². The Kier molecular flexibility index (Phi) is 2.89. The normalized spacial score (nSPS) is 42.5. The standard InChI is InChI=1S/C11H22N2/c1-9-8-11(10(9)2)13-6-3-4-12-5-7-13/h9-12H,3-8H2,1-2H3. The summed E-state index contributed by atoms with van der Waals surface area (Å²) in [5, 5.41) is 3.46. The molecule has 0 amide bonds. The molecule has 2 nitrogen and oxygen atoms in total. The molecule has 1 saturated carbocycles. The fourth-order valence-corrected chi connectivity index (χ4v) is 2.67. The number of nitrogens with one attached hydrogen (secondary N) is 1. The molecule has 2 heteroatoms. The van der Waals surface area contributed by atoms with Gasteiger partial charge in [-0.15, -0.1) is 0 Å². The summed E-state index contributed by atoms with van der Waals surface area (Å²) >= 11 is 0. The molecular weight excluding hydrogens is 160 g/mol. The average Bonchev–Trinajstić information content (AvgIpc) is 2.41. The Bertz CT molecular complexity index is 161. The first-order valence-corrected chi connectivity index (χ1v) is 5.74. The van der Waals surface area contributed by atoms with E-state index >= 15 is 0 Å². The van der Waals surface area contributed by atoms with Crippen molar-refractivity contribution in [2.75, 3.05) is 26.2 Å². The van der Waals surface area contributed by atoms with E-state index in [4.69, 9.17) is 0 Å². The first-order valence-electron chi connectivity index (χ1n) is 5.74. The van der Waals surface area contributed by atoms with Crippen molar-refractivity contribution < 1.29 is 0 Å². The second-order valence-electron chi connectivity index (χ2n) is 4.78. The fourth-order valence-electron chi connectivity index (χ4n) is 2.67. The van der Waals surface area contributed by atoms with Gasteiger partial charge in [-0.2, -0.15) is 0 Å². The Balaban J connectivity index is 1.85. The molecule has 1 aliphatic heterocycles. The molecule has 0 radical (unpaired) electrons.